The molecule has 2 aromatic rings. The van der Waals surface area contributed by atoms with Gasteiger partial charge < -0.3 is 10.5 Å². The molecular formula is C18H21N5O3S. The Morgan fingerprint density at radius 2 is 2.00 bits per heavy atom. The Kier molecular flexibility index (Phi) is 4.77. The Bertz CT molecular complexity index is 952. The maximum atomic E-state index is 12.2. The van der Waals surface area contributed by atoms with E-state index in [4.69, 9.17) is 10.5 Å². The average Bonchev–Trinajstić information content (AvgIpc) is 2.84. The number of hydrazone groups is 1. The summed E-state index contributed by atoms with van der Waals surface area (Å²) in [5.74, 6) is 0.153. The zero-order valence-corrected chi connectivity index (χ0v) is 16.0. The van der Waals surface area contributed by atoms with Gasteiger partial charge in [-0.1, -0.05) is 6.42 Å². The van der Waals surface area contributed by atoms with Crippen molar-refractivity contribution in [1.29, 1.82) is 0 Å². The minimum absolute atomic E-state index is 0.0712. The van der Waals surface area contributed by atoms with Gasteiger partial charge in [0, 0.05) is 24.8 Å². The third kappa shape index (κ3) is 3.51. The van der Waals surface area contributed by atoms with Crippen LogP contribution in [0.4, 0.5) is 5.82 Å². The lowest BCUT2D eigenvalue weighted by Gasteiger charge is -2.18. The third-order valence-corrected chi connectivity index (χ3v) is 6.10. The molecule has 1 aliphatic carbocycles. The molecule has 0 unspecified atom stereocenters. The molecule has 0 aromatic carbocycles. The number of ether oxygens (including phenoxy) is 1. The fraction of sp³-hybridized carbons (Fsp3) is 0.500. The second kappa shape index (κ2) is 7.22. The number of thiophene rings is 1. The van der Waals surface area contributed by atoms with Crippen LogP contribution in [0.15, 0.2) is 5.10 Å². The molecule has 1 amide bonds. The smallest absolute Gasteiger partial charge is 0.354 e. The van der Waals surface area contributed by atoms with E-state index in [1.54, 1.807) is 11.3 Å². The number of nitrogens with zero attached hydrogens (tertiary/aromatic N) is 4. The second-order valence-corrected chi connectivity index (χ2v) is 7.89. The van der Waals surface area contributed by atoms with Crippen LogP contribution in [-0.2, 0) is 33.8 Å². The fourth-order valence-corrected chi connectivity index (χ4v) is 4.79. The minimum Gasteiger partial charge on any atom is -0.453 e. The summed E-state index contributed by atoms with van der Waals surface area (Å²) in [6.07, 6.45) is 6.20. The second-order valence-electron chi connectivity index (χ2n) is 6.81. The standard InChI is InChI=1S/C18H21N5O3S/c1-23-14(24)8-7-11(22-23)18(25)26-9-13-20-16(19)15-10-5-3-2-4-6-12(10)27-17(15)21-13/h2-9H2,1H3,(H2,19,20,21). The average molecular weight is 387 g/mol. The monoisotopic (exact) mass is 387 g/mol. The molecule has 0 atom stereocenters. The van der Waals surface area contributed by atoms with Crippen LogP contribution in [0.1, 0.15) is 48.4 Å². The van der Waals surface area contributed by atoms with Crippen molar-refractivity contribution in [3.63, 3.8) is 0 Å². The van der Waals surface area contributed by atoms with E-state index in [0.29, 0.717) is 11.6 Å². The summed E-state index contributed by atoms with van der Waals surface area (Å²) in [6, 6.07) is 0. The van der Waals surface area contributed by atoms with E-state index in [2.05, 4.69) is 15.1 Å². The van der Waals surface area contributed by atoms with Gasteiger partial charge in [0.1, 0.15) is 16.4 Å². The summed E-state index contributed by atoms with van der Waals surface area (Å²) < 4.78 is 5.29. The summed E-state index contributed by atoms with van der Waals surface area (Å²) in [7, 11) is 1.52. The Morgan fingerprint density at radius 3 is 2.81 bits per heavy atom. The largest absolute Gasteiger partial charge is 0.453 e. The summed E-state index contributed by atoms with van der Waals surface area (Å²) >= 11 is 1.66. The number of amides is 1. The fourth-order valence-electron chi connectivity index (χ4n) is 3.50. The first-order chi connectivity index (χ1) is 13.0. The highest BCUT2D eigenvalue weighted by molar-refractivity contribution is 7.19. The van der Waals surface area contributed by atoms with E-state index >= 15 is 0 Å². The van der Waals surface area contributed by atoms with E-state index in [9.17, 15) is 9.59 Å². The first kappa shape index (κ1) is 17.8. The number of nitrogens with two attached hydrogens (primary N) is 1. The predicted molar refractivity (Wildman–Crippen MR) is 102 cm³/mol. The maximum Gasteiger partial charge on any atom is 0.354 e. The Hall–Kier alpha value is -2.55. The molecule has 1 aliphatic heterocycles. The van der Waals surface area contributed by atoms with E-state index in [-0.39, 0.29) is 31.1 Å². The number of anilines is 1. The third-order valence-electron chi connectivity index (χ3n) is 4.91. The van der Waals surface area contributed by atoms with Gasteiger partial charge in [-0.25, -0.2) is 19.8 Å². The van der Waals surface area contributed by atoms with Gasteiger partial charge in [0.2, 0.25) is 5.91 Å². The Labute approximate surface area is 160 Å². The first-order valence-electron chi connectivity index (χ1n) is 9.10. The van der Waals surface area contributed by atoms with Gasteiger partial charge in [0.05, 0.1) is 5.39 Å². The number of hydrogen-bond acceptors (Lipinski definition) is 8. The predicted octanol–water partition coefficient (Wildman–Crippen LogP) is 2.19. The highest BCUT2D eigenvalue weighted by Gasteiger charge is 2.24. The number of aromatic nitrogens is 2. The van der Waals surface area contributed by atoms with E-state index in [1.807, 2.05) is 0 Å². The van der Waals surface area contributed by atoms with Crippen molar-refractivity contribution in [3.8, 4) is 0 Å². The van der Waals surface area contributed by atoms with Crippen molar-refractivity contribution < 1.29 is 14.3 Å². The molecule has 0 fully saturated rings. The lowest BCUT2D eigenvalue weighted by Crippen LogP contribution is -2.32. The molecule has 2 aromatic heterocycles. The molecule has 8 nitrogen and oxygen atoms in total. The van der Waals surface area contributed by atoms with Crippen LogP contribution in [0.2, 0.25) is 0 Å². The highest BCUT2D eigenvalue weighted by Crippen LogP contribution is 2.37. The molecular weight excluding hydrogens is 366 g/mol. The van der Waals surface area contributed by atoms with E-state index in [1.165, 1.54) is 35.3 Å². The van der Waals surface area contributed by atoms with Crippen LogP contribution < -0.4 is 5.73 Å². The number of carbonyl (C=O) groups is 2. The lowest BCUT2D eigenvalue weighted by molar-refractivity contribution is -0.137. The molecule has 0 saturated carbocycles. The topological polar surface area (TPSA) is 111 Å². The summed E-state index contributed by atoms with van der Waals surface area (Å²) in [5, 5.41) is 6.09. The SMILES string of the molecule is CN1N=C(C(=O)OCc2nc(N)c3c4c(sc3n2)CCCCC4)CCC1=O. The number of rotatable bonds is 3. The summed E-state index contributed by atoms with van der Waals surface area (Å²) in [6.45, 7) is -0.0712. The molecule has 0 bridgehead atoms. The van der Waals surface area contributed by atoms with Crippen molar-refractivity contribution in [3.05, 3.63) is 16.3 Å². The number of carbonyl (C=O) groups excluding carboxylic acids is 2. The highest BCUT2D eigenvalue weighted by atomic mass is 32.1. The summed E-state index contributed by atoms with van der Waals surface area (Å²) in [5.41, 5.74) is 7.73. The lowest BCUT2D eigenvalue weighted by atomic mass is 10.1. The van der Waals surface area contributed by atoms with Gasteiger partial charge in [-0.3, -0.25) is 4.79 Å². The Morgan fingerprint density at radius 1 is 1.19 bits per heavy atom. The van der Waals surface area contributed by atoms with Crippen LogP contribution >= 0.6 is 11.3 Å². The molecule has 0 spiro atoms. The zero-order valence-electron chi connectivity index (χ0n) is 15.2. The molecule has 2 aliphatic rings. The van der Waals surface area contributed by atoms with Gasteiger partial charge in [0.25, 0.3) is 0 Å². The molecule has 9 heteroatoms. The normalized spacial score (nSPS) is 17.4. The maximum absolute atomic E-state index is 12.2. The van der Waals surface area contributed by atoms with Gasteiger partial charge in [-0.2, -0.15) is 5.10 Å². The van der Waals surface area contributed by atoms with Crippen LogP contribution in [0, 0.1) is 0 Å². The first-order valence-corrected chi connectivity index (χ1v) is 9.92. The Balaban J connectivity index is 1.52. The molecule has 142 valence electrons. The van der Waals surface area contributed by atoms with Crippen LogP contribution in [-0.4, -0.2) is 39.6 Å². The molecule has 3 heterocycles. The van der Waals surface area contributed by atoms with Gasteiger partial charge >= 0.3 is 5.97 Å². The number of esters is 1. The van der Waals surface area contributed by atoms with Crippen molar-refractivity contribution in [2.24, 2.45) is 5.10 Å². The van der Waals surface area contributed by atoms with E-state index in [0.717, 1.165) is 29.5 Å². The van der Waals surface area contributed by atoms with Crippen molar-refractivity contribution in [2.75, 3.05) is 12.8 Å². The summed E-state index contributed by atoms with van der Waals surface area (Å²) in [4.78, 5) is 34.8. The van der Waals surface area contributed by atoms with Crippen molar-refractivity contribution in [2.45, 2.75) is 51.6 Å². The molecule has 0 saturated heterocycles. The van der Waals surface area contributed by atoms with Crippen LogP contribution in [0.25, 0.3) is 10.2 Å². The van der Waals surface area contributed by atoms with Crippen LogP contribution in [0.5, 0.6) is 0 Å². The number of fused-ring (bicyclic) bond motifs is 3. The van der Waals surface area contributed by atoms with Gasteiger partial charge in [0.15, 0.2) is 12.4 Å². The molecule has 0 radical (unpaired) electrons. The molecule has 27 heavy (non-hydrogen) atoms. The van der Waals surface area contributed by atoms with Crippen molar-refractivity contribution in [1.82, 2.24) is 15.0 Å². The number of hydrogen-bond donors (Lipinski definition) is 1. The minimum atomic E-state index is -0.557. The quantitative estimate of drug-likeness (QED) is 0.638. The molecule has 4 rings (SSSR count). The number of aryl methyl sites for hydroxylation is 2. The number of nitrogen functional groups attached to an aromatic ring is 1. The van der Waals surface area contributed by atoms with Crippen molar-refractivity contribution >= 4 is 45.0 Å². The van der Waals surface area contributed by atoms with Gasteiger partial charge in [-0.05, 0) is 31.2 Å². The zero-order chi connectivity index (χ0) is 19.0. The van der Waals surface area contributed by atoms with Gasteiger partial charge in [-0.15, -0.1) is 11.3 Å². The van der Waals surface area contributed by atoms with Crippen LogP contribution in [0.3, 0.4) is 0 Å². The molecule has 2 N–H and O–H groups in total. The van der Waals surface area contributed by atoms with E-state index < -0.39 is 5.97 Å².